The summed E-state index contributed by atoms with van der Waals surface area (Å²) in [7, 11) is 0. The monoisotopic (exact) mass is 326 g/mol. The molecule has 0 unspecified atom stereocenters. The number of nitrogens with zero attached hydrogens (tertiary/aromatic N) is 1. The number of halogens is 1. The Kier molecular flexibility index (Phi) is 4.04. The van der Waals surface area contributed by atoms with Crippen molar-refractivity contribution in [2.75, 3.05) is 5.73 Å². The highest BCUT2D eigenvalue weighted by Gasteiger charge is 2.16. The predicted molar refractivity (Wildman–Crippen MR) is 89.7 cm³/mol. The lowest BCUT2D eigenvalue weighted by molar-refractivity contribution is 0.0695. The number of benzene rings is 2. The molecule has 0 fully saturated rings. The molecule has 3 aromatic rings. The van der Waals surface area contributed by atoms with E-state index >= 15 is 0 Å². The molecule has 0 spiro atoms. The van der Waals surface area contributed by atoms with Gasteiger partial charge in [-0.2, -0.15) is 0 Å². The second-order valence-corrected chi connectivity index (χ2v) is 5.49. The number of aryl methyl sites for hydroxylation is 2. The van der Waals surface area contributed by atoms with E-state index in [1.54, 1.807) is 34.9 Å². The molecular formula is C18H15FN2O3. The summed E-state index contributed by atoms with van der Waals surface area (Å²) in [6, 6.07) is 11.1. The van der Waals surface area contributed by atoms with Crippen LogP contribution >= 0.6 is 0 Å². The molecule has 1 heterocycles. The van der Waals surface area contributed by atoms with Gasteiger partial charge in [0.1, 0.15) is 11.4 Å². The lowest BCUT2D eigenvalue weighted by atomic mass is 10.1. The number of carboxylic acids is 1. The van der Waals surface area contributed by atoms with E-state index in [4.69, 9.17) is 5.73 Å². The molecule has 5 nitrogen and oxygen atoms in total. The first kappa shape index (κ1) is 15.7. The molecule has 0 bridgehead atoms. The molecule has 122 valence electrons. The number of aromatic carboxylic acids is 1. The molecule has 0 saturated carbocycles. The fourth-order valence-corrected chi connectivity index (χ4v) is 2.70. The molecule has 24 heavy (non-hydrogen) atoms. The first-order valence-electron chi connectivity index (χ1n) is 7.37. The fourth-order valence-electron chi connectivity index (χ4n) is 2.70. The molecule has 0 aliphatic heterocycles. The van der Waals surface area contributed by atoms with Crippen LogP contribution in [-0.2, 0) is 13.0 Å². The highest BCUT2D eigenvalue weighted by Crippen LogP contribution is 2.19. The molecule has 3 rings (SSSR count). The molecule has 0 atom stereocenters. The number of anilines is 1. The van der Waals surface area contributed by atoms with Crippen molar-refractivity contribution in [1.82, 2.24) is 4.57 Å². The van der Waals surface area contributed by atoms with E-state index in [2.05, 4.69) is 0 Å². The van der Waals surface area contributed by atoms with Crippen LogP contribution in [0.1, 0.15) is 15.9 Å². The average molecular weight is 326 g/mol. The second-order valence-electron chi connectivity index (χ2n) is 5.49. The molecule has 3 N–H and O–H groups in total. The number of nitrogen functional groups attached to an aromatic ring is 1. The quantitative estimate of drug-likeness (QED) is 0.722. The van der Waals surface area contributed by atoms with Crippen molar-refractivity contribution in [2.24, 2.45) is 0 Å². The minimum atomic E-state index is -1.29. The van der Waals surface area contributed by atoms with Gasteiger partial charge in [-0.1, -0.05) is 18.2 Å². The summed E-state index contributed by atoms with van der Waals surface area (Å²) in [6.45, 7) is 0.437. The lowest BCUT2D eigenvalue weighted by Crippen LogP contribution is -2.20. The van der Waals surface area contributed by atoms with Crippen LogP contribution in [0.15, 0.2) is 53.5 Å². The van der Waals surface area contributed by atoms with Gasteiger partial charge < -0.3 is 15.4 Å². The van der Waals surface area contributed by atoms with E-state index in [1.165, 1.54) is 18.3 Å². The zero-order valence-corrected chi connectivity index (χ0v) is 12.7. The van der Waals surface area contributed by atoms with E-state index in [0.717, 1.165) is 5.56 Å². The molecule has 6 heteroatoms. The van der Waals surface area contributed by atoms with Crippen molar-refractivity contribution in [3.05, 3.63) is 75.8 Å². The van der Waals surface area contributed by atoms with Crippen molar-refractivity contribution in [3.8, 4) is 0 Å². The van der Waals surface area contributed by atoms with Gasteiger partial charge in [-0.15, -0.1) is 0 Å². The Balaban J connectivity index is 2.08. The van der Waals surface area contributed by atoms with Crippen LogP contribution in [0.25, 0.3) is 10.9 Å². The molecule has 2 aromatic carbocycles. The standard InChI is InChI=1S/C18H15FN2O3/c19-12-6-4-11(5-7-12)8-9-21-10-13(18(23)24)17(22)16-14(20)2-1-3-15(16)21/h1-7,10H,8-9,20H2,(H,23,24). The number of rotatable bonds is 4. The molecule has 0 amide bonds. The van der Waals surface area contributed by atoms with Crippen LogP contribution in [0, 0.1) is 5.82 Å². The van der Waals surface area contributed by atoms with Crippen LogP contribution in [0.2, 0.25) is 0 Å². The van der Waals surface area contributed by atoms with Crippen LogP contribution < -0.4 is 11.2 Å². The zero-order chi connectivity index (χ0) is 17.3. The number of carbonyl (C=O) groups is 1. The first-order chi connectivity index (χ1) is 11.5. The SMILES string of the molecule is Nc1cccc2c1c(=O)c(C(=O)O)cn2CCc1ccc(F)cc1. The van der Waals surface area contributed by atoms with Gasteiger partial charge in [0.2, 0.25) is 5.43 Å². The molecule has 0 aliphatic carbocycles. The molecular weight excluding hydrogens is 311 g/mol. The maximum Gasteiger partial charge on any atom is 0.341 e. The molecule has 0 aliphatic rings. The molecule has 0 radical (unpaired) electrons. The highest BCUT2D eigenvalue weighted by atomic mass is 19.1. The number of hydrogen-bond donors (Lipinski definition) is 2. The normalized spacial score (nSPS) is 10.9. The van der Waals surface area contributed by atoms with Crippen molar-refractivity contribution in [1.29, 1.82) is 0 Å². The number of pyridine rings is 1. The zero-order valence-electron chi connectivity index (χ0n) is 12.7. The first-order valence-corrected chi connectivity index (χ1v) is 7.37. The second kappa shape index (κ2) is 6.16. The Morgan fingerprint density at radius 2 is 1.88 bits per heavy atom. The van der Waals surface area contributed by atoms with Gasteiger partial charge in [0.05, 0.1) is 10.9 Å². The average Bonchev–Trinajstić information content (AvgIpc) is 2.55. The minimum Gasteiger partial charge on any atom is -0.477 e. The molecule has 0 saturated heterocycles. The highest BCUT2D eigenvalue weighted by molar-refractivity contribution is 5.97. The van der Waals surface area contributed by atoms with Crippen LogP contribution in [-0.4, -0.2) is 15.6 Å². The van der Waals surface area contributed by atoms with Gasteiger partial charge in [0.15, 0.2) is 0 Å². The van der Waals surface area contributed by atoms with Crippen LogP contribution in [0.3, 0.4) is 0 Å². The van der Waals surface area contributed by atoms with Crippen LogP contribution in [0.4, 0.5) is 10.1 Å². The fraction of sp³-hybridized carbons (Fsp3) is 0.111. The van der Waals surface area contributed by atoms with Gasteiger partial charge in [-0.25, -0.2) is 9.18 Å². The number of hydrogen-bond acceptors (Lipinski definition) is 3. The third kappa shape index (κ3) is 2.86. The Morgan fingerprint density at radius 3 is 2.54 bits per heavy atom. The third-order valence-corrected chi connectivity index (χ3v) is 3.93. The van der Waals surface area contributed by atoms with Crippen molar-refractivity contribution < 1.29 is 14.3 Å². The van der Waals surface area contributed by atoms with E-state index in [0.29, 0.717) is 18.5 Å². The summed E-state index contributed by atoms with van der Waals surface area (Å²) in [6.07, 6.45) is 1.89. The number of carboxylic acid groups (broad SMARTS) is 1. The smallest absolute Gasteiger partial charge is 0.341 e. The lowest BCUT2D eigenvalue weighted by Gasteiger charge is -2.13. The number of aromatic nitrogens is 1. The summed E-state index contributed by atoms with van der Waals surface area (Å²) < 4.78 is 14.7. The largest absolute Gasteiger partial charge is 0.477 e. The topological polar surface area (TPSA) is 85.3 Å². The van der Waals surface area contributed by atoms with Gasteiger partial charge in [-0.3, -0.25) is 4.79 Å². The van der Waals surface area contributed by atoms with E-state index in [9.17, 15) is 19.1 Å². The Bertz CT molecular complexity index is 978. The summed E-state index contributed by atoms with van der Waals surface area (Å²) in [5.41, 5.74) is 6.69. The Labute approximate surface area is 136 Å². The van der Waals surface area contributed by atoms with Gasteiger partial charge in [0.25, 0.3) is 0 Å². The van der Waals surface area contributed by atoms with Crippen molar-refractivity contribution in [2.45, 2.75) is 13.0 Å². The van der Waals surface area contributed by atoms with E-state index < -0.39 is 11.4 Å². The van der Waals surface area contributed by atoms with Gasteiger partial charge >= 0.3 is 5.97 Å². The maximum atomic E-state index is 13.0. The number of fused-ring (bicyclic) bond motifs is 1. The molecule has 1 aromatic heterocycles. The van der Waals surface area contributed by atoms with Gasteiger partial charge in [0, 0.05) is 18.4 Å². The summed E-state index contributed by atoms with van der Waals surface area (Å²) >= 11 is 0. The van der Waals surface area contributed by atoms with E-state index in [-0.39, 0.29) is 22.5 Å². The van der Waals surface area contributed by atoms with Crippen LogP contribution in [0.5, 0.6) is 0 Å². The minimum absolute atomic E-state index is 0.205. The predicted octanol–water partition coefficient (Wildman–Crippen LogP) is 2.66. The Hall–Kier alpha value is -3.15. The van der Waals surface area contributed by atoms with E-state index in [1.807, 2.05) is 0 Å². The number of nitrogens with two attached hydrogens (primary N) is 1. The maximum absolute atomic E-state index is 13.0. The van der Waals surface area contributed by atoms with Gasteiger partial charge in [-0.05, 0) is 36.2 Å². The Morgan fingerprint density at radius 1 is 1.17 bits per heavy atom. The summed E-state index contributed by atoms with van der Waals surface area (Å²) in [5, 5.41) is 9.47. The van der Waals surface area contributed by atoms with Crippen molar-refractivity contribution >= 4 is 22.6 Å². The summed E-state index contributed by atoms with van der Waals surface area (Å²) in [4.78, 5) is 23.7. The van der Waals surface area contributed by atoms with Crippen molar-refractivity contribution in [3.63, 3.8) is 0 Å². The third-order valence-electron chi connectivity index (χ3n) is 3.93. The summed E-state index contributed by atoms with van der Waals surface area (Å²) in [5.74, 6) is -1.60.